The summed E-state index contributed by atoms with van der Waals surface area (Å²) in [5.74, 6) is -1.13. The van der Waals surface area contributed by atoms with Gasteiger partial charge in [0.25, 0.3) is 11.5 Å². The fourth-order valence-corrected chi connectivity index (χ4v) is 1.91. The minimum absolute atomic E-state index is 0.0239. The average Bonchev–Trinajstić information content (AvgIpc) is 2.56. The van der Waals surface area contributed by atoms with Crippen molar-refractivity contribution in [3.63, 3.8) is 0 Å². The lowest BCUT2D eigenvalue weighted by atomic mass is 10.1. The van der Waals surface area contributed by atoms with Crippen LogP contribution in [0, 0.1) is 0 Å². The molecular formula is C15H15N3O5. The lowest BCUT2D eigenvalue weighted by Gasteiger charge is -2.16. The van der Waals surface area contributed by atoms with Crippen LogP contribution in [-0.2, 0) is 16.0 Å². The Morgan fingerprint density at radius 1 is 1.26 bits per heavy atom. The van der Waals surface area contributed by atoms with E-state index in [9.17, 15) is 19.5 Å². The van der Waals surface area contributed by atoms with E-state index in [1.165, 1.54) is 25.3 Å². The number of carbonyl (C=O) groups is 2. The monoisotopic (exact) mass is 317 g/mol. The maximum absolute atomic E-state index is 12.1. The molecule has 1 amide bonds. The van der Waals surface area contributed by atoms with Gasteiger partial charge in [0.1, 0.15) is 17.5 Å². The second kappa shape index (κ2) is 7.21. The van der Waals surface area contributed by atoms with Crippen molar-refractivity contribution in [2.75, 3.05) is 7.11 Å². The summed E-state index contributed by atoms with van der Waals surface area (Å²) in [5, 5.41) is 17.5. The van der Waals surface area contributed by atoms with Gasteiger partial charge >= 0.3 is 5.97 Å². The molecule has 0 spiro atoms. The third kappa shape index (κ3) is 4.40. The molecule has 0 bridgehead atoms. The Kier molecular flexibility index (Phi) is 5.08. The number of amides is 1. The van der Waals surface area contributed by atoms with Crippen LogP contribution in [0.25, 0.3) is 0 Å². The Hall–Kier alpha value is -3.16. The molecule has 1 aromatic heterocycles. The molecule has 1 heterocycles. The second-order valence-corrected chi connectivity index (χ2v) is 4.73. The fraction of sp³-hybridized carbons (Fsp3) is 0.200. The van der Waals surface area contributed by atoms with Gasteiger partial charge in [-0.05, 0) is 23.8 Å². The van der Waals surface area contributed by atoms with E-state index in [0.717, 1.165) is 11.6 Å². The molecule has 0 aliphatic carbocycles. The van der Waals surface area contributed by atoms with Crippen LogP contribution in [0.5, 0.6) is 5.75 Å². The molecule has 1 aromatic carbocycles. The van der Waals surface area contributed by atoms with E-state index in [2.05, 4.69) is 20.3 Å². The Bertz CT molecular complexity index is 734. The molecule has 1 unspecified atom stereocenters. The van der Waals surface area contributed by atoms with Gasteiger partial charge in [0.05, 0.1) is 7.11 Å². The van der Waals surface area contributed by atoms with Crippen molar-refractivity contribution in [3.05, 3.63) is 58.0 Å². The van der Waals surface area contributed by atoms with E-state index < -0.39 is 23.5 Å². The number of nitrogens with zero attached hydrogens (tertiary/aromatic N) is 1. The fourth-order valence-electron chi connectivity index (χ4n) is 1.91. The maximum Gasteiger partial charge on any atom is 0.328 e. The van der Waals surface area contributed by atoms with Gasteiger partial charge < -0.3 is 15.2 Å². The van der Waals surface area contributed by atoms with Crippen LogP contribution in [0.2, 0.25) is 0 Å². The molecule has 0 radical (unpaired) electrons. The molecule has 8 heteroatoms. The van der Waals surface area contributed by atoms with Gasteiger partial charge in [0.15, 0.2) is 0 Å². The molecule has 8 nitrogen and oxygen atoms in total. The number of hydrogen-bond acceptors (Lipinski definition) is 6. The summed E-state index contributed by atoms with van der Waals surface area (Å²) < 4.78 is 4.68. The van der Waals surface area contributed by atoms with Gasteiger partial charge in [-0.1, -0.05) is 12.1 Å². The van der Waals surface area contributed by atoms with Crippen molar-refractivity contribution in [1.82, 2.24) is 15.5 Å². The summed E-state index contributed by atoms with van der Waals surface area (Å²) in [6, 6.07) is 7.72. The lowest BCUT2D eigenvalue weighted by molar-refractivity contribution is -0.142. The van der Waals surface area contributed by atoms with Gasteiger partial charge in [0.2, 0.25) is 0 Å². The van der Waals surface area contributed by atoms with Crippen LogP contribution in [0.15, 0.2) is 41.2 Å². The van der Waals surface area contributed by atoms with E-state index in [1.807, 2.05) is 0 Å². The van der Waals surface area contributed by atoms with Crippen LogP contribution in [0.1, 0.15) is 16.1 Å². The summed E-state index contributed by atoms with van der Waals surface area (Å²) in [5.41, 5.74) is 0.271. The molecule has 120 valence electrons. The molecular weight excluding hydrogens is 302 g/mol. The minimum atomic E-state index is -0.925. The zero-order valence-electron chi connectivity index (χ0n) is 12.3. The van der Waals surface area contributed by atoms with Crippen molar-refractivity contribution >= 4 is 11.9 Å². The standard InChI is InChI=1S/C15H15N3O5/c1-23-15(22)12(8-9-2-4-10(19)5-3-9)16-14(21)11-6-7-13(20)18-17-11/h2-7,12,19H,8H2,1H3,(H,16,21)(H,18,20). The minimum Gasteiger partial charge on any atom is -0.508 e. The van der Waals surface area contributed by atoms with Gasteiger partial charge in [-0.2, -0.15) is 5.10 Å². The molecule has 1 atom stereocenters. The largest absolute Gasteiger partial charge is 0.508 e. The molecule has 2 aromatic rings. The van der Waals surface area contributed by atoms with Gasteiger partial charge in [-0.3, -0.25) is 9.59 Å². The van der Waals surface area contributed by atoms with Crippen LogP contribution < -0.4 is 10.9 Å². The normalized spacial score (nSPS) is 11.5. The van der Waals surface area contributed by atoms with E-state index in [1.54, 1.807) is 12.1 Å². The molecule has 0 saturated heterocycles. The van der Waals surface area contributed by atoms with E-state index in [0.29, 0.717) is 0 Å². The molecule has 0 aliphatic heterocycles. The molecule has 2 rings (SSSR count). The first-order valence-electron chi connectivity index (χ1n) is 6.72. The number of aromatic nitrogens is 2. The predicted molar refractivity (Wildman–Crippen MR) is 79.9 cm³/mol. The zero-order valence-corrected chi connectivity index (χ0v) is 12.3. The first kappa shape index (κ1) is 16.2. The average molecular weight is 317 g/mol. The highest BCUT2D eigenvalue weighted by molar-refractivity contribution is 5.95. The smallest absolute Gasteiger partial charge is 0.328 e. The number of H-pyrrole nitrogens is 1. The van der Waals surface area contributed by atoms with Crippen LogP contribution >= 0.6 is 0 Å². The van der Waals surface area contributed by atoms with Crippen LogP contribution in [0.4, 0.5) is 0 Å². The Labute approximate surface area is 131 Å². The summed E-state index contributed by atoms with van der Waals surface area (Å²) in [7, 11) is 1.22. The highest BCUT2D eigenvalue weighted by Gasteiger charge is 2.23. The third-order valence-corrected chi connectivity index (χ3v) is 3.08. The Morgan fingerprint density at radius 3 is 2.52 bits per heavy atom. The summed E-state index contributed by atoms with van der Waals surface area (Å²) in [6.07, 6.45) is 0.183. The first-order chi connectivity index (χ1) is 11.0. The molecule has 3 N–H and O–H groups in total. The Morgan fingerprint density at radius 2 is 1.96 bits per heavy atom. The molecule has 0 aliphatic rings. The number of rotatable bonds is 5. The number of methoxy groups -OCH3 is 1. The van der Waals surface area contributed by atoms with Crippen LogP contribution in [-0.4, -0.2) is 40.3 Å². The number of aromatic hydroxyl groups is 1. The summed E-state index contributed by atoms with van der Waals surface area (Å²) >= 11 is 0. The summed E-state index contributed by atoms with van der Waals surface area (Å²) in [6.45, 7) is 0. The van der Waals surface area contributed by atoms with Gasteiger partial charge in [-0.25, -0.2) is 9.89 Å². The molecule has 0 fully saturated rings. The highest BCUT2D eigenvalue weighted by Crippen LogP contribution is 2.12. The van der Waals surface area contributed by atoms with E-state index in [4.69, 9.17) is 0 Å². The third-order valence-electron chi connectivity index (χ3n) is 3.08. The maximum atomic E-state index is 12.1. The quantitative estimate of drug-likeness (QED) is 0.667. The van der Waals surface area contributed by atoms with Gasteiger partial charge in [0, 0.05) is 12.5 Å². The zero-order chi connectivity index (χ0) is 16.8. The highest BCUT2D eigenvalue weighted by atomic mass is 16.5. The topological polar surface area (TPSA) is 121 Å². The van der Waals surface area contributed by atoms with Crippen molar-refractivity contribution < 1.29 is 19.4 Å². The van der Waals surface area contributed by atoms with E-state index in [-0.39, 0.29) is 17.9 Å². The second-order valence-electron chi connectivity index (χ2n) is 4.73. The van der Waals surface area contributed by atoms with Crippen molar-refractivity contribution in [2.45, 2.75) is 12.5 Å². The number of aromatic amines is 1. The number of nitrogens with one attached hydrogen (secondary N) is 2. The number of ether oxygens (including phenoxy) is 1. The predicted octanol–water partition coefficient (Wildman–Crippen LogP) is -0.0104. The van der Waals surface area contributed by atoms with Gasteiger partial charge in [-0.15, -0.1) is 0 Å². The van der Waals surface area contributed by atoms with Crippen molar-refractivity contribution in [2.24, 2.45) is 0 Å². The lowest BCUT2D eigenvalue weighted by Crippen LogP contribution is -2.43. The number of benzene rings is 1. The van der Waals surface area contributed by atoms with Crippen molar-refractivity contribution in [3.8, 4) is 5.75 Å². The number of esters is 1. The number of hydrogen-bond donors (Lipinski definition) is 3. The van der Waals surface area contributed by atoms with Crippen molar-refractivity contribution in [1.29, 1.82) is 0 Å². The number of phenols is 1. The molecule has 0 saturated carbocycles. The van der Waals surface area contributed by atoms with E-state index >= 15 is 0 Å². The number of phenolic OH excluding ortho intramolecular Hbond substituents is 1. The SMILES string of the molecule is COC(=O)C(Cc1ccc(O)cc1)NC(=O)c1ccc(=O)[nH]n1. The molecule has 23 heavy (non-hydrogen) atoms. The summed E-state index contributed by atoms with van der Waals surface area (Å²) in [4.78, 5) is 34.9. The first-order valence-corrected chi connectivity index (χ1v) is 6.72. The number of carbonyl (C=O) groups excluding carboxylic acids is 2. The van der Waals surface area contributed by atoms with Crippen LogP contribution in [0.3, 0.4) is 0 Å². The Balaban J connectivity index is 2.13.